The molecular formula is C23H21FN6OS. The van der Waals surface area contributed by atoms with Gasteiger partial charge < -0.3 is 15.8 Å². The predicted molar refractivity (Wildman–Crippen MR) is 122 cm³/mol. The summed E-state index contributed by atoms with van der Waals surface area (Å²) in [7, 11) is 1.82. The van der Waals surface area contributed by atoms with Crippen LogP contribution in [0.5, 0.6) is 5.75 Å². The number of aryl methyl sites for hydroxylation is 1. The van der Waals surface area contributed by atoms with Gasteiger partial charge in [-0.05, 0) is 37.6 Å². The Morgan fingerprint density at radius 2 is 2.16 bits per heavy atom. The van der Waals surface area contributed by atoms with Crippen LogP contribution in [0.1, 0.15) is 42.5 Å². The smallest absolute Gasteiger partial charge is 0.170 e. The van der Waals surface area contributed by atoms with E-state index >= 15 is 0 Å². The predicted octanol–water partition coefficient (Wildman–Crippen LogP) is 4.12. The van der Waals surface area contributed by atoms with E-state index in [1.807, 2.05) is 14.0 Å². The summed E-state index contributed by atoms with van der Waals surface area (Å²) in [5.41, 5.74) is 11.3. The minimum absolute atomic E-state index is 0.143. The van der Waals surface area contributed by atoms with E-state index in [2.05, 4.69) is 28.4 Å². The molecule has 0 fully saturated rings. The molecule has 2 atom stereocenters. The lowest BCUT2D eigenvalue weighted by Crippen LogP contribution is -2.19. The van der Waals surface area contributed by atoms with Gasteiger partial charge in [-0.2, -0.15) is 10.4 Å². The molecule has 2 aliphatic heterocycles. The molecule has 32 heavy (non-hydrogen) atoms. The fraction of sp³-hybridized carbons (Fsp3) is 0.261. The zero-order chi connectivity index (χ0) is 22.6. The second-order valence-corrected chi connectivity index (χ2v) is 9.24. The first kappa shape index (κ1) is 20.4. The lowest BCUT2D eigenvalue weighted by Gasteiger charge is -2.21. The van der Waals surface area contributed by atoms with Crippen LogP contribution in [-0.4, -0.2) is 20.1 Å². The summed E-state index contributed by atoms with van der Waals surface area (Å²) in [6.45, 7) is 3.94. The van der Waals surface area contributed by atoms with Gasteiger partial charge in [0.1, 0.15) is 18.0 Å². The van der Waals surface area contributed by atoms with Crippen molar-refractivity contribution >= 4 is 22.5 Å². The fourth-order valence-electron chi connectivity index (χ4n) is 4.27. The topological polar surface area (TPSA) is 102 Å². The van der Waals surface area contributed by atoms with Crippen molar-refractivity contribution in [1.29, 1.82) is 5.26 Å². The van der Waals surface area contributed by atoms with Crippen LogP contribution in [-0.2, 0) is 13.5 Å². The van der Waals surface area contributed by atoms with Gasteiger partial charge in [0.05, 0.1) is 11.1 Å². The highest BCUT2D eigenvalue weighted by Gasteiger charge is 2.30. The minimum atomic E-state index is -0.478. The number of hydrogen-bond donors (Lipinski definition) is 2. The molecule has 2 bridgehead atoms. The van der Waals surface area contributed by atoms with Gasteiger partial charge in [0.25, 0.3) is 0 Å². The van der Waals surface area contributed by atoms with E-state index in [1.54, 1.807) is 34.8 Å². The van der Waals surface area contributed by atoms with Crippen LogP contribution in [0.3, 0.4) is 0 Å². The van der Waals surface area contributed by atoms with Crippen LogP contribution < -0.4 is 15.8 Å². The molecule has 162 valence electrons. The van der Waals surface area contributed by atoms with Crippen molar-refractivity contribution in [2.45, 2.75) is 31.7 Å². The summed E-state index contributed by atoms with van der Waals surface area (Å²) in [6, 6.07) is 8.74. The van der Waals surface area contributed by atoms with Crippen molar-refractivity contribution in [3.8, 4) is 22.9 Å². The molecule has 0 aliphatic carbocycles. The van der Waals surface area contributed by atoms with E-state index in [-0.39, 0.29) is 17.0 Å². The highest BCUT2D eigenvalue weighted by atomic mass is 32.2. The molecule has 0 radical (unpaired) electrons. The van der Waals surface area contributed by atoms with Crippen molar-refractivity contribution in [1.82, 2.24) is 20.1 Å². The van der Waals surface area contributed by atoms with E-state index in [0.29, 0.717) is 29.0 Å². The maximum Gasteiger partial charge on any atom is 0.170 e. The minimum Gasteiger partial charge on any atom is -0.482 e. The van der Waals surface area contributed by atoms with Crippen molar-refractivity contribution < 1.29 is 9.13 Å². The molecule has 2 aromatic heterocycles. The molecule has 1 aromatic carbocycles. The van der Waals surface area contributed by atoms with Crippen LogP contribution >= 0.6 is 11.8 Å². The Bertz CT molecular complexity index is 1320. The summed E-state index contributed by atoms with van der Waals surface area (Å²) in [5.74, 6) is 0.277. The van der Waals surface area contributed by atoms with Gasteiger partial charge in [0.15, 0.2) is 17.3 Å². The number of nitrogen functional groups attached to an aromatic ring is 1. The van der Waals surface area contributed by atoms with Gasteiger partial charge in [-0.25, -0.2) is 9.37 Å². The maximum absolute atomic E-state index is 14.3. The standard InChI is InChI=1S/C23H21FN6OS/c1-11-16-7-14(24)4-5-15(16)22-17(28-12(2)32-22)8-19-21(18(9-25)29-30(19)3)13-6-20(31-11)23(26)27-10-13/h4-7,10-12,28H,8H2,1-3H3,(H2,26,27)/t11-,12?/m1/s1. The second-order valence-electron chi connectivity index (χ2n) is 7.89. The van der Waals surface area contributed by atoms with Gasteiger partial charge in [-0.3, -0.25) is 4.68 Å². The number of pyridine rings is 1. The Morgan fingerprint density at radius 1 is 1.34 bits per heavy atom. The molecule has 0 amide bonds. The SMILES string of the molecule is CC1NC2=C(S1)c1ccc(F)cc1[C@@H](C)Oc1cc(cnc1N)-c1c(C#N)nn(C)c1C2. The monoisotopic (exact) mass is 448 g/mol. The number of ether oxygens (including phenoxy) is 1. The molecule has 1 unspecified atom stereocenters. The van der Waals surface area contributed by atoms with Crippen LogP contribution in [0, 0.1) is 17.1 Å². The van der Waals surface area contributed by atoms with Gasteiger partial charge in [-0.15, -0.1) is 0 Å². The van der Waals surface area contributed by atoms with E-state index in [9.17, 15) is 9.65 Å². The Balaban J connectivity index is 1.82. The lowest BCUT2D eigenvalue weighted by molar-refractivity contribution is 0.227. The van der Waals surface area contributed by atoms with E-state index in [4.69, 9.17) is 10.5 Å². The van der Waals surface area contributed by atoms with Crippen molar-refractivity contribution in [2.75, 3.05) is 5.73 Å². The molecule has 0 saturated heterocycles. The van der Waals surface area contributed by atoms with Gasteiger partial charge in [-0.1, -0.05) is 17.8 Å². The first-order valence-electron chi connectivity index (χ1n) is 10.2. The van der Waals surface area contributed by atoms with Gasteiger partial charge >= 0.3 is 0 Å². The molecule has 7 nitrogen and oxygen atoms in total. The first-order valence-corrected chi connectivity index (χ1v) is 11.1. The first-order chi connectivity index (χ1) is 15.4. The zero-order valence-electron chi connectivity index (χ0n) is 17.8. The number of rotatable bonds is 0. The number of nitrogens with zero attached hydrogens (tertiary/aromatic N) is 4. The summed E-state index contributed by atoms with van der Waals surface area (Å²) in [6.07, 6.45) is 1.68. The Hall–Kier alpha value is -3.51. The number of aromatic nitrogens is 3. The van der Waals surface area contributed by atoms with E-state index < -0.39 is 6.10 Å². The lowest BCUT2D eigenvalue weighted by atomic mass is 9.97. The number of anilines is 1. The maximum atomic E-state index is 14.3. The number of nitrogens with one attached hydrogen (secondary N) is 1. The number of allylic oxidation sites excluding steroid dienone is 1. The van der Waals surface area contributed by atoms with Crippen molar-refractivity contribution in [3.63, 3.8) is 0 Å². The third kappa shape index (κ3) is 3.28. The van der Waals surface area contributed by atoms with Gasteiger partial charge in [0.2, 0.25) is 0 Å². The molecule has 0 saturated carbocycles. The van der Waals surface area contributed by atoms with Crippen LogP contribution in [0.15, 0.2) is 36.2 Å². The average molecular weight is 449 g/mol. The Kier molecular flexibility index (Phi) is 4.82. The molecule has 9 heteroatoms. The second kappa shape index (κ2) is 7.57. The Morgan fingerprint density at radius 3 is 2.94 bits per heavy atom. The van der Waals surface area contributed by atoms with Crippen molar-refractivity contribution in [3.05, 3.63) is 64.5 Å². The largest absolute Gasteiger partial charge is 0.482 e. The summed E-state index contributed by atoms with van der Waals surface area (Å²) >= 11 is 1.68. The van der Waals surface area contributed by atoms with E-state index in [1.165, 1.54) is 12.1 Å². The molecule has 3 N–H and O–H groups in total. The number of nitrogens with two attached hydrogens (primary N) is 1. The molecule has 2 aliphatic rings. The van der Waals surface area contributed by atoms with E-state index in [0.717, 1.165) is 27.4 Å². The molecule has 4 heterocycles. The van der Waals surface area contributed by atoms with Gasteiger partial charge in [0, 0.05) is 47.0 Å². The summed E-state index contributed by atoms with van der Waals surface area (Å²) in [4.78, 5) is 5.33. The summed E-state index contributed by atoms with van der Waals surface area (Å²) < 4.78 is 22.2. The number of nitriles is 1. The quantitative estimate of drug-likeness (QED) is 0.533. The number of halogens is 1. The third-order valence-corrected chi connectivity index (χ3v) is 6.91. The number of thioether (sulfide) groups is 1. The molecule has 5 rings (SSSR count). The Labute approximate surface area is 189 Å². The fourth-order valence-corrected chi connectivity index (χ4v) is 5.41. The highest BCUT2D eigenvalue weighted by Crippen LogP contribution is 2.44. The number of fused-ring (bicyclic) bond motifs is 6. The van der Waals surface area contributed by atoms with Crippen LogP contribution in [0.4, 0.5) is 10.2 Å². The normalized spacial score (nSPS) is 19.5. The highest BCUT2D eigenvalue weighted by molar-refractivity contribution is 8.09. The van der Waals surface area contributed by atoms with Crippen LogP contribution in [0.2, 0.25) is 0 Å². The van der Waals surface area contributed by atoms with Crippen LogP contribution in [0.25, 0.3) is 16.0 Å². The van der Waals surface area contributed by atoms with Crippen molar-refractivity contribution in [2.24, 2.45) is 7.05 Å². The third-order valence-electron chi connectivity index (χ3n) is 5.73. The molecule has 0 spiro atoms. The average Bonchev–Trinajstić information content (AvgIpc) is 3.28. The summed E-state index contributed by atoms with van der Waals surface area (Å²) in [5, 5.41) is 17.9. The molecular weight excluding hydrogens is 427 g/mol. The number of benzene rings is 1. The zero-order valence-corrected chi connectivity index (χ0v) is 18.6. The number of hydrogen-bond acceptors (Lipinski definition) is 7. The molecule has 3 aromatic rings.